The average molecular weight is 349 g/mol. The van der Waals surface area contributed by atoms with Crippen LogP contribution in [-0.2, 0) is 0 Å². The summed E-state index contributed by atoms with van der Waals surface area (Å²) < 4.78 is 0. The van der Waals surface area contributed by atoms with E-state index >= 15 is 0 Å². The molecule has 134 valence electrons. The van der Waals surface area contributed by atoms with Crippen molar-refractivity contribution in [2.45, 2.75) is 25.7 Å². The number of pyridine rings is 1. The summed E-state index contributed by atoms with van der Waals surface area (Å²) in [6, 6.07) is 9.75. The zero-order chi connectivity index (χ0) is 18.1. The third-order valence-corrected chi connectivity index (χ3v) is 5.09. The van der Waals surface area contributed by atoms with E-state index in [0.29, 0.717) is 17.9 Å². The minimum atomic E-state index is 0.0564. The summed E-state index contributed by atoms with van der Waals surface area (Å²) in [6.45, 7) is 3.55. The number of carbonyl (C=O) groups excluding carboxylic acids is 1. The van der Waals surface area contributed by atoms with Gasteiger partial charge in [0.1, 0.15) is 11.6 Å². The number of rotatable bonds is 3. The second-order valence-corrected chi connectivity index (χ2v) is 6.86. The van der Waals surface area contributed by atoms with Crippen molar-refractivity contribution in [1.29, 1.82) is 0 Å². The Kier molecular flexibility index (Phi) is 4.32. The number of aryl methyl sites for hydroxylation is 1. The molecular formula is C20H23N5O. The van der Waals surface area contributed by atoms with Gasteiger partial charge >= 0.3 is 0 Å². The Morgan fingerprint density at radius 2 is 2.23 bits per heavy atom. The predicted octanol–water partition coefficient (Wildman–Crippen LogP) is 3.33. The van der Waals surface area contributed by atoms with Gasteiger partial charge in [-0.1, -0.05) is 12.1 Å². The highest BCUT2D eigenvalue weighted by Crippen LogP contribution is 2.28. The first-order chi connectivity index (χ1) is 12.7. The molecule has 1 aliphatic rings. The summed E-state index contributed by atoms with van der Waals surface area (Å²) >= 11 is 0. The number of aromatic nitrogens is 3. The quantitative estimate of drug-likeness (QED) is 0.761. The van der Waals surface area contributed by atoms with Crippen LogP contribution in [0.15, 0.2) is 36.5 Å². The summed E-state index contributed by atoms with van der Waals surface area (Å²) in [4.78, 5) is 27.3. The van der Waals surface area contributed by atoms with Gasteiger partial charge in [-0.3, -0.25) is 4.79 Å². The first-order valence-corrected chi connectivity index (χ1v) is 9.04. The van der Waals surface area contributed by atoms with E-state index in [1.54, 1.807) is 25.4 Å². The highest BCUT2D eigenvalue weighted by molar-refractivity contribution is 5.95. The van der Waals surface area contributed by atoms with E-state index in [0.717, 1.165) is 36.2 Å². The summed E-state index contributed by atoms with van der Waals surface area (Å²) in [5.74, 6) is 1.99. The molecule has 2 N–H and O–H groups in total. The van der Waals surface area contributed by atoms with Crippen LogP contribution in [0.2, 0.25) is 0 Å². The lowest BCUT2D eigenvalue weighted by atomic mass is 9.97. The molecule has 1 aromatic carbocycles. The number of anilines is 1. The molecule has 1 fully saturated rings. The molecule has 6 nitrogen and oxygen atoms in total. The van der Waals surface area contributed by atoms with Crippen molar-refractivity contribution in [3.63, 3.8) is 0 Å². The third-order valence-electron chi connectivity index (χ3n) is 5.09. The molecule has 3 aromatic rings. The summed E-state index contributed by atoms with van der Waals surface area (Å²) in [5, 5.41) is 2.98. The van der Waals surface area contributed by atoms with Crippen LogP contribution in [0.3, 0.4) is 0 Å². The van der Waals surface area contributed by atoms with Crippen LogP contribution >= 0.6 is 0 Å². The fourth-order valence-electron chi connectivity index (χ4n) is 3.66. The lowest BCUT2D eigenvalue weighted by Gasteiger charge is -2.32. The summed E-state index contributed by atoms with van der Waals surface area (Å²) in [7, 11) is 1.80. The molecule has 1 amide bonds. The van der Waals surface area contributed by atoms with Crippen molar-refractivity contribution < 1.29 is 4.79 Å². The maximum atomic E-state index is 12.9. The number of nitrogens with one attached hydrogen (secondary N) is 2. The molecule has 2 aromatic heterocycles. The average Bonchev–Trinajstić information content (AvgIpc) is 3.13. The molecular weight excluding hydrogens is 326 g/mol. The second-order valence-electron chi connectivity index (χ2n) is 6.86. The topological polar surface area (TPSA) is 73.9 Å². The van der Waals surface area contributed by atoms with Crippen LogP contribution in [0, 0.1) is 6.92 Å². The number of carbonyl (C=O) groups is 1. The first-order valence-electron chi connectivity index (χ1n) is 9.04. The van der Waals surface area contributed by atoms with Crippen LogP contribution in [0.25, 0.3) is 11.0 Å². The van der Waals surface area contributed by atoms with E-state index in [2.05, 4.69) is 34.3 Å². The van der Waals surface area contributed by atoms with Gasteiger partial charge in [0.05, 0.1) is 11.0 Å². The smallest absolute Gasteiger partial charge is 0.254 e. The number of piperidine rings is 1. The molecule has 0 bridgehead atoms. The molecule has 1 saturated heterocycles. The van der Waals surface area contributed by atoms with Gasteiger partial charge in [0.2, 0.25) is 0 Å². The third kappa shape index (κ3) is 3.03. The highest BCUT2D eigenvalue weighted by Gasteiger charge is 2.27. The molecule has 0 unspecified atom stereocenters. The maximum Gasteiger partial charge on any atom is 0.254 e. The molecule has 0 saturated carbocycles. The van der Waals surface area contributed by atoms with E-state index < -0.39 is 0 Å². The zero-order valence-electron chi connectivity index (χ0n) is 15.1. The number of imidazole rings is 1. The van der Waals surface area contributed by atoms with Gasteiger partial charge in [0.25, 0.3) is 5.91 Å². The molecule has 1 aliphatic heterocycles. The monoisotopic (exact) mass is 349 g/mol. The Hall–Kier alpha value is -2.89. The second kappa shape index (κ2) is 6.78. The fourth-order valence-corrected chi connectivity index (χ4v) is 3.66. The van der Waals surface area contributed by atoms with Gasteiger partial charge in [-0.25, -0.2) is 9.97 Å². The van der Waals surface area contributed by atoms with Gasteiger partial charge in [0.15, 0.2) is 0 Å². The Bertz CT molecular complexity index is 948. The SMILES string of the molecule is CNc1cc(C(=O)N2CCC[C@@H](c3nc4c(C)cccc4[nH]3)C2)ccn1. The number of fused-ring (bicyclic) bond motifs is 1. The molecule has 0 spiro atoms. The minimum absolute atomic E-state index is 0.0564. The van der Waals surface area contributed by atoms with Crippen LogP contribution < -0.4 is 5.32 Å². The summed E-state index contributed by atoms with van der Waals surface area (Å²) in [5.41, 5.74) is 3.94. The van der Waals surface area contributed by atoms with Crippen molar-refractivity contribution in [2.75, 3.05) is 25.5 Å². The predicted molar refractivity (Wildman–Crippen MR) is 102 cm³/mol. The maximum absolute atomic E-state index is 12.9. The van der Waals surface area contributed by atoms with E-state index in [1.165, 1.54) is 5.56 Å². The van der Waals surface area contributed by atoms with Gasteiger partial charge in [-0.2, -0.15) is 0 Å². The van der Waals surface area contributed by atoms with E-state index in [-0.39, 0.29) is 11.8 Å². The lowest BCUT2D eigenvalue weighted by Crippen LogP contribution is -2.39. The van der Waals surface area contributed by atoms with Crippen LogP contribution in [0.5, 0.6) is 0 Å². The van der Waals surface area contributed by atoms with Crippen molar-refractivity contribution in [3.05, 3.63) is 53.5 Å². The molecule has 3 heterocycles. The van der Waals surface area contributed by atoms with Crippen molar-refractivity contribution in [1.82, 2.24) is 19.9 Å². The number of amides is 1. The Labute approximate surface area is 152 Å². The number of likely N-dealkylation sites (tertiary alicyclic amines) is 1. The zero-order valence-corrected chi connectivity index (χ0v) is 15.1. The summed E-state index contributed by atoms with van der Waals surface area (Å²) in [6.07, 6.45) is 3.69. The molecule has 4 rings (SSSR count). The molecule has 6 heteroatoms. The Morgan fingerprint density at radius 3 is 3.04 bits per heavy atom. The molecule has 1 atom stereocenters. The number of hydrogen-bond acceptors (Lipinski definition) is 4. The normalized spacial score (nSPS) is 17.5. The van der Waals surface area contributed by atoms with Crippen LogP contribution in [0.4, 0.5) is 5.82 Å². The van der Waals surface area contributed by atoms with E-state index in [9.17, 15) is 4.79 Å². The van der Waals surface area contributed by atoms with Gasteiger partial charge in [-0.05, 0) is 43.5 Å². The van der Waals surface area contributed by atoms with Crippen molar-refractivity contribution in [3.8, 4) is 0 Å². The number of aromatic amines is 1. The standard InChI is InChI=1S/C20H23N5O/c1-13-5-3-7-16-18(13)24-19(23-16)15-6-4-10-25(12-15)20(26)14-8-9-22-17(11-14)21-2/h3,5,7-9,11,15H,4,6,10,12H2,1-2H3,(H,21,22)(H,23,24)/t15-/m1/s1. The van der Waals surface area contributed by atoms with Gasteiger partial charge < -0.3 is 15.2 Å². The Balaban J connectivity index is 1.56. The van der Waals surface area contributed by atoms with Crippen LogP contribution in [-0.4, -0.2) is 45.9 Å². The number of H-pyrrole nitrogens is 1. The van der Waals surface area contributed by atoms with Crippen LogP contribution in [0.1, 0.15) is 40.5 Å². The largest absolute Gasteiger partial charge is 0.373 e. The lowest BCUT2D eigenvalue weighted by molar-refractivity contribution is 0.0705. The number of hydrogen-bond donors (Lipinski definition) is 2. The highest BCUT2D eigenvalue weighted by atomic mass is 16.2. The van der Waals surface area contributed by atoms with Crippen molar-refractivity contribution >= 4 is 22.8 Å². The van der Waals surface area contributed by atoms with Crippen molar-refractivity contribution in [2.24, 2.45) is 0 Å². The molecule has 0 aliphatic carbocycles. The van der Waals surface area contributed by atoms with Gasteiger partial charge in [0, 0.05) is 37.8 Å². The Morgan fingerprint density at radius 1 is 1.35 bits per heavy atom. The molecule has 0 radical (unpaired) electrons. The van der Waals surface area contributed by atoms with Gasteiger partial charge in [-0.15, -0.1) is 0 Å². The number of para-hydroxylation sites is 1. The fraction of sp³-hybridized carbons (Fsp3) is 0.350. The number of benzene rings is 1. The molecule has 26 heavy (non-hydrogen) atoms. The van der Waals surface area contributed by atoms with E-state index in [1.807, 2.05) is 11.0 Å². The van der Waals surface area contributed by atoms with E-state index in [4.69, 9.17) is 4.98 Å². The number of nitrogens with zero attached hydrogens (tertiary/aromatic N) is 3. The minimum Gasteiger partial charge on any atom is -0.373 e. The first kappa shape index (κ1) is 16.6.